The van der Waals surface area contributed by atoms with E-state index < -0.39 is 5.60 Å². The van der Waals surface area contributed by atoms with Crippen molar-refractivity contribution in [3.63, 3.8) is 0 Å². The van der Waals surface area contributed by atoms with Gasteiger partial charge in [0.2, 0.25) is 5.89 Å². The van der Waals surface area contributed by atoms with Gasteiger partial charge < -0.3 is 14.5 Å². The summed E-state index contributed by atoms with van der Waals surface area (Å²) in [5, 5.41) is 15.2. The number of hydrogen-bond acceptors (Lipinski definition) is 6. The summed E-state index contributed by atoms with van der Waals surface area (Å²) in [6.07, 6.45) is 5.21. The molecule has 4 rings (SSSR count). The fourth-order valence-corrected chi connectivity index (χ4v) is 5.30. The van der Waals surface area contributed by atoms with E-state index in [0.29, 0.717) is 5.92 Å². The number of aryl methyl sites for hydroxylation is 1. The molecule has 0 aromatic carbocycles. The number of aliphatic hydroxyl groups is 1. The summed E-state index contributed by atoms with van der Waals surface area (Å²) in [4.78, 5) is 9.50. The predicted molar refractivity (Wildman–Crippen MR) is 95.3 cm³/mol. The van der Waals surface area contributed by atoms with Crippen LogP contribution in [0.1, 0.15) is 50.7 Å². The van der Waals surface area contributed by atoms with Gasteiger partial charge in [0.05, 0.1) is 11.0 Å². The molecule has 1 aromatic rings. The van der Waals surface area contributed by atoms with Gasteiger partial charge in [-0.05, 0) is 64.5 Å². The first-order valence-electron chi connectivity index (χ1n) is 9.83. The number of piperidine rings is 1. The lowest BCUT2D eigenvalue weighted by atomic mass is 9.72. The molecule has 0 amide bonds. The van der Waals surface area contributed by atoms with Crippen LogP contribution in [0.15, 0.2) is 4.52 Å². The average molecular weight is 348 g/mol. The second-order valence-corrected chi connectivity index (χ2v) is 9.09. The molecule has 6 nitrogen and oxygen atoms in total. The van der Waals surface area contributed by atoms with Gasteiger partial charge >= 0.3 is 0 Å². The molecule has 0 unspecified atom stereocenters. The van der Waals surface area contributed by atoms with Crippen LogP contribution in [0.5, 0.6) is 0 Å². The second kappa shape index (κ2) is 6.32. The van der Waals surface area contributed by atoms with E-state index in [1.54, 1.807) is 0 Å². The Labute approximate surface area is 150 Å². The van der Waals surface area contributed by atoms with Gasteiger partial charge in [-0.1, -0.05) is 12.1 Å². The van der Waals surface area contributed by atoms with E-state index in [0.717, 1.165) is 82.5 Å². The van der Waals surface area contributed by atoms with Crippen molar-refractivity contribution in [3.8, 4) is 0 Å². The van der Waals surface area contributed by atoms with Gasteiger partial charge in [-0.3, -0.25) is 4.90 Å². The first-order valence-corrected chi connectivity index (χ1v) is 9.83. The average Bonchev–Trinajstić information content (AvgIpc) is 3.14. The zero-order chi connectivity index (χ0) is 17.7. The molecule has 6 heteroatoms. The Bertz CT molecular complexity index is 610. The van der Waals surface area contributed by atoms with Crippen LogP contribution in [0.4, 0.5) is 0 Å². The van der Waals surface area contributed by atoms with Crippen molar-refractivity contribution in [2.75, 3.05) is 39.8 Å². The van der Waals surface area contributed by atoms with Crippen LogP contribution in [0.3, 0.4) is 0 Å². The van der Waals surface area contributed by atoms with Gasteiger partial charge in [-0.15, -0.1) is 0 Å². The molecule has 1 saturated carbocycles. The van der Waals surface area contributed by atoms with Gasteiger partial charge in [0.15, 0.2) is 5.82 Å². The number of aromatic nitrogens is 2. The van der Waals surface area contributed by atoms with Gasteiger partial charge in [0.1, 0.15) is 0 Å². The summed E-state index contributed by atoms with van der Waals surface area (Å²) >= 11 is 0. The minimum absolute atomic E-state index is 0.0356. The van der Waals surface area contributed by atoms with Crippen LogP contribution in [0.25, 0.3) is 0 Å². The van der Waals surface area contributed by atoms with Crippen LogP contribution >= 0.6 is 0 Å². The van der Waals surface area contributed by atoms with Crippen molar-refractivity contribution in [3.05, 3.63) is 11.7 Å². The van der Waals surface area contributed by atoms with E-state index in [-0.39, 0.29) is 5.41 Å². The van der Waals surface area contributed by atoms with E-state index in [4.69, 9.17) is 4.52 Å². The summed E-state index contributed by atoms with van der Waals surface area (Å²) < 4.78 is 5.65. The third-order valence-electron chi connectivity index (χ3n) is 6.91. The first kappa shape index (κ1) is 17.4. The Morgan fingerprint density at radius 2 is 2.00 bits per heavy atom. The van der Waals surface area contributed by atoms with Crippen LogP contribution in [0, 0.1) is 18.8 Å². The fourth-order valence-electron chi connectivity index (χ4n) is 5.30. The van der Waals surface area contributed by atoms with Crippen molar-refractivity contribution < 1.29 is 9.63 Å². The van der Waals surface area contributed by atoms with Gasteiger partial charge in [-0.2, -0.15) is 4.98 Å². The highest BCUT2D eigenvalue weighted by molar-refractivity contribution is 5.17. The number of likely N-dealkylation sites (tertiary alicyclic amines) is 2. The molecule has 1 aliphatic carbocycles. The molecule has 2 atom stereocenters. The van der Waals surface area contributed by atoms with Crippen molar-refractivity contribution in [2.24, 2.45) is 11.8 Å². The molecule has 0 radical (unpaired) electrons. The van der Waals surface area contributed by atoms with Gasteiger partial charge in [0.25, 0.3) is 0 Å². The van der Waals surface area contributed by atoms with Crippen molar-refractivity contribution in [2.45, 2.75) is 57.0 Å². The Hall–Kier alpha value is -0.980. The Kier molecular flexibility index (Phi) is 4.41. The number of hydrogen-bond donors (Lipinski definition) is 1. The molecule has 140 valence electrons. The maximum atomic E-state index is 11.1. The number of nitrogens with zero attached hydrogens (tertiary/aromatic N) is 4. The largest absolute Gasteiger partial charge is 0.389 e. The monoisotopic (exact) mass is 348 g/mol. The smallest absolute Gasteiger partial charge is 0.234 e. The Morgan fingerprint density at radius 3 is 2.68 bits per heavy atom. The van der Waals surface area contributed by atoms with Gasteiger partial charge in [0, 0.05) is 26.2 Å². The molecule has 1 aromatic heterocycles. The van der Waals surface area contributed by atoms with Crippen LogP contribution in [-0.4, -0.2) is 70.4 Å². The van der Waals surface area contributed by atoms with Crippen LogP contribution < -0.4 is 0 Å². The highest BCUT2D eigenvalue weighted by atomic mass is 16.5. The third kappa shape index (κ3) is 3.24. The van der Waals surface area contributed by atoms with Crippen molar-refractivity contribution in [1.29, 1.82) is 0 Å². The van der Waals surface area contributed by atoms with E-state index >= 15 is 0 Å². The molecule has 25 heavy (non-hydrogen) atoms. The number of fused-ring (bicyclic) bond motifs is 1. The molecule has 3 fully saturated rings. The molecular formula is C19H32N4O2. The summed E-state index contributed by atoms with van der Waals surface area (Å²) in [7, 11) is 2.20. The topological polar surface area (TPSA) is 65.6 Å². The molecular weight excluding hydrogens is 316 g/mol. The Balaban J connectivity index is 1.53. The van der Waals surface area contributed by atoms with E-state index in [1.165, 1.54) is 0 Å². The van der Waals surface area contributed by atoms with E-state index in [9.17, 15) is 5.11 Å². The Morgan fingerprint density at radius 1 is 1.24 bits per heavy atom. The van der Waals surface area contributed by atoms with E-state index in [1.807, 2.05) is 6.92 Å². The normalized spacial score (nSPS) is 40.3. The van der Waals surface area contributed by atoms with E-state index in [2.05, 4.69) is 33.9 Å². The lowest BCUT2D eigenvalue weighted by molar-refractivity contribution is -0.0320. The zero-order valence-electron chi connectivity index (χ0n) is 15.9. The maximum absolute atomic E-state index is 11.1. The number of rotatable bonds is 3. The quantitative estimate of drug-likeness (QED) is 0.899. The van der Waals surface area contributed by atoms with Crippen LogP contribution in [-0.2, 0) is 5.41 Å². The fraction of sp³-hybridized carbons (Fsp3) is 0.895. The minimum Gasteiger partial charge on any atom is -0.389 e. The van der Waals surface area contributed by atoms with Gasteiger partial charge in [-0.25, -0.2) is 0 Å². The predicted octanol–water partition coefficient (Wildman–Crippen LogP) is 1.82. The first-order chi connectivity index (χ1) is 11.9. The summed E-state index contributed by atoms with van der Waals surface area (Å²) in [6.45, 7) is 9.06. The van der Waals surface area contributed by atoms with Crippen molar-refractivity contribution in [1.82, 2.24) is 19.9 Å². The maximum Gasteiger partial charge on any atom is 0.234 e. The SMILES string of the molecule is Cc1noc([C@@]23CCN(C)C[C@@H]2CN(CC2(O)CCC(C)CC2)C3)n1. The number of β-amino-alcohol motifs (C(OH)–C–C–N with tert-alkyl or cyclic N) is 1. The molecule has 2 aliphatic heterocycles. The molecule has 0 bridgehead atoms. The molecule has 3 aliphatic rings. The zero-order valence-corrected chi connectivity index (χ0v) is 15.9. The molecule has 2 saturated heterocycles. The summed E-state index contributed by atoms with van der Waals surface area (Å²) in [6, 6.07) is 0. The highest BCUT2D eigenvalue weighted by Crippen LogP contribution is 2.45. The second-order valence-electron chi connectivity index (χ2n) is 9.09. The molecule has 3 heterocycles. The van der Waals surface area contributed by atoms with Crippen molar-refractivity contribution >= 4 is 0 Å². The standard InChI is InChI=1S/C19H32N4O2/c1-14-4-6-18(24,7-5-14)12-23-11-16-10-22(3)9-8-19(16,13-23)17-20-15(2)21-25-17/h14,16,24H,4-13H2,1-3H3/t14?,16-,18?,19-/m1/s1. The lowest BCUT2D eigenvalue weighted by Gasteiger charge is -2.40. The third-order valence-corrected chi connectivity index (χ3v) is 6.91. The lowest BCUT2D eigenvalue weighted by Crippen LogP contribution is -2.48. The summed E-state index contributed by atoms with van der Waals surface area (Å²) in [5.74, 6) is 2.79. The molecule has 0 spiro atoms. The van der Waals surface area contributed by atoms with Crippen LogP contribution in [0.2, 0.25) is 0 Å². The summed E-state index contributed by atoms with van der Waals surface area (Å²) in [5.41, 5.74) is -0.552. The highest BCUT2D eigenvalue weighted by Gasteiger charge is 2.54. The molecule has 1 N–H and O–H groups in total. The minimum atomic E-state index is -0.516.